The van der Waals surface area contributed by atoms with Crippen LogP contribution in [0.25, 0.3) is 0 Å². The Bertz CT molecular complexity index is 1210. The van der Waals surface area contributed by atoms with E-state index in [1.165, 1.54) is 5.57 Å². The maximum absolute atomic E-state index is 12.2. The van der Waals surface area contributed by atoms with Gasteiger partial charge in [0, 0.05) is 22.8 Å². The fourth-order valence-corrected chi connectivity index (χ4v) is 7.15. The topological polar surface area (TPSA) is 83.8 Å². The summed E-state index contributed by atoms with van der Waals surface area (Å²) in [5.74, 6) is -0.189. The first-order valence-corrected chi connectivity index (χ1v) is 12.6. The van der Waals surface area contributed by atoms with Crippen LogP contribution in [0.3, 0.4) is 0 Å². The number of carbonyl (C=O) groups is 2. The Hall–Kier alpha value is -3.08. The molecule has 0 aromatic heterocycles. The molecule has 5 atom stereocenters. The Morgan fingerprint density at radius 2 is 1.69 bits per heavy atom. The number of carbonyl (C=O) groups excluding carboxylic acids is 2. The van der Waals surface area contributed by atoms with Gasteiger partial charge in [-0.05, 0) is 49.5 Å². The second-order valence-corrected chi connectivity index (χ2v) is 11.5. The van der Waals surface area contributed by atoms with Crippen LogP contribution in [-0.4, -0.2) is 28.9 Å². The molecule has 0 bridgehead atoms. The van der Waals surface area contributed by atoms with E-state index in [9.17, 15) is 19.8 Å². The van der Waals surface area contributed by atoms with E-state index in [-0.39, 0.29) is 46.0 Å². The lowest BCUT2D eigenvalue weighted by Gasteiger charge is -2.50. The minimum atomic E-state index is -0.522. The van der Waals surface area contributed by atoms with Crippen molar-refractivity contribution in [3.8, 4) is 17.2 Å². The molecular weight excluding hydrogens is 440 g/mol. The van der Waals surface area contributed by atoms with Crippen LogP contribution in [0.5, 0.6) is 17.2 Å². The van der Waals surface area contributed by atoms with E-state index in [0.29, 0.717) is 24.1 Å². The number of aldehydes is 2. The lowest BCUT2D eigenvalue weighted by Crippen LogP contribution is -2.48. The largest absolute Gasteiger partial charge is 0.507 e. The fourth-order valence-electron chi connectivity index (χ4n) is 7.15. The molecular formula is C30H34O5. The number of ether oxygens (including phenoxy) is 1. The van der Waals surface area contributed by atoms with Crippen LogP contribution in [-0.2, 0) is 0 Å². The van der Waals surface area contributed by atoms with Crippen molar-refractivity contribution in [3.63, 3.8) is 0 Å². The van der Waals surface area contributed by atoms with Crippen molar-refractivity contribution in [1.29, 1.82) is 0 Å². The van der Waals surface area contributed by atoms with Gasteiger partial charge in [-0.3, -0.25) is 9.59 Å². The standard InChI is InChI=1S/C30H34O5/c1-17-9-8-14-30(4)23(18-10-6-5-7-11-18)22-26(34)19(15-31)25(33)20(16-32)27(22)35-28(30)24-21(13-12-17)29(24,2)3/h5-7,9-11,15-16,21,23-24,28,33-34H,8,12-14H2,1-4H3/b17-9+/t21-,23+,24-,28+,30-/m1/s1. The highest BCUT2D eigenvalue weighted by Crippen LogP contribution is 2.70. The molecule has 0 spiro atoms. The van der Waals surface area contributed by atoms with Crippen molar-refractivity contribution < 1.29 is 24.5 Å². The maximum atomic E-state index is 12.2. The molecule has 0 amide bonds. The summed E-state index contributed by atoms with van der Waals surface area (Å²) in [4.78, 5) is 24.1. The summed E-state index contributed by atoms with van der Waals surface area (Å²) in [7, 11) is 0. The van der Waals surface area contributed by atoms with Gasteiger partial charge in [0.1, 0.15) is 23.4 Å². The van der Waals surface area contributed by atoms with Crippen molar-refractivity contribution in [1.82, 2.24) is 0 Å². The summed E-state index contributed by atoms with van der Waals surface area (Å²) in [6.07, 6.45) is 6.89. The molecule has 5 nitrogen and oxygen atoms in total. The molecule has 184 valence electrons. The van der Waals surface area contributed by atoms with E-state index in [2.05, 4.69) is 33.8 Å². The van der Waals surface area contributed by atoms with E-state index < -0.39 is 11.2 Å². The van der Waals surface area contributed by atoms with Crippen molar-refractivity contribution >= 4 is 12.6 Å². The molecule has 2 aromatic carbocycles. The van der Waals surface area contributed by atoms with Gasteiger partial charge >= 0.3 is 0 Å². The first kappa shape index (κ1) is 23.7. The third-order valence-electron chi connectivity index (χ3n) is 9.21. The summed E-state index contributed by atoms with van der Waals surface area (Å²) in [6, 6.07) is 9.95. The number of fused-ring (bicyclic) bond motifs is 4. The number of benzene rings is 2. The van der Waals surface area contributed by atoms with Crippen LogP contribution in [0, 0.1) is 22.7 Å². The summed E-state index contributed by atoms with van der Waals surface area (Å²) in [5, 5.41) is 22.0. The molecule has 0 radical (unpaired) electrons. The zero-order chi connectivity index (χ0) is 25.1. The van der Waals surface area contributed by atoms with E-state index in [0.717, 1.165) is 31.2 Å². The third kappa shape index (κ3) is 3.42. The van der Waals surface area contributed by atoms with Gasteiger partial charge in [-0.1, -0.05) is 62.8 Å². The molecule has 5 heteroatoms. The van der Waals surface area contributed by atoms with E-state index in [1.807, 2.05) is 30.3 Å². The minimum absolute atomic E-state index is 0.0641. The molecule has 3 aliphatic rings. The minimum Gasteiger partial charge on any atom is -0.507 e. The van der Waals surface area contributed by atoms with E-state index in [4.69, 9.17) is 4.74 Å². The molecule has 1 saturated carbocycles. The summed E-state index contributed by atoms with van der Waals surface area (Å²) < 4.78 is 6.73. The van der Waals surface area contributed by atoms with Crippen LogP contribution < -0.4 is 4.74 Å². The number of phenolic OH excluding ortho intramolecular Hbond substituents is 2. The maximum Gasteiger partial charge on any atom is 0.157 e. The molecule has 2 aromatic rings. The van der Waals surface area contributed by atoms with Crippen LogP contribution in [0.2, 0.25) is 0 Å². The van der Waals surface area contributed by atoms with Crippen LogP contribution in [0.15, 0.2) is 42.0 Å². The van der Waals surface area contributed by atoms with Gasteiger partial charge in [0.15, 0.2) is 12.6 Å². The van der Waals surface area contributed by atoms with Crippen molar-refractivity contribution in [2.45, 2.75) is 65.4 Å². The summed E-state index contributed by atoms with van der Waals surface area (Å²) in [6.45, 7) is 9.01. The van der Waals surface area contributed by atoms with Gasteiger partial charge in [0.2, 0.25) is 0 Å². The van der Waals surface area contributed by atoms with E-state index in [1.54, 1.807) is 0 Å². The van der Waals surface area contributed by atoms with Crippen molar-refractivity contribution in [3.05, 3.63) is 64.2 Å². The molecule has 1 aliphatic heterocycles. The Morgan fingerprint density at radius 3 is 2.34 bits per heavy atom. The highest BCUT2D eigenvalue weighted by molar-refractivity contribution is 5.95. The molecule has 1 fully saturated rings. The zero-order valence-electron chi connectivity index (χ0n) is 20.9. The SMILES string of the molecule is C/C1=C\CC[C@]2(C)[C@@H](c3ccccc3)c3c(O)c(C=O)c(O)c(C=O)c3O[C@H]2[C@H]2[C@@H](CC1)C2(C)C. The molecule has 2 aliphatic carbocycles. The molecule has 1 heterocycles. The predicted octanol–water partition coefficient (Wildman–Crippen LogP) is 6.41. The smallest absolute Gasteiger partial charge is 0.157 e. The first-order valence-electron chi connectivity index (χ1n) is 12.6. The number of hydrogen-bond acceptors (Lipinski definition) is 5. The Kier molecular flexibility index (Phi) is 5.58. The molecule has 2 N–H and O–H groups in total. The number of aromatic hydroxyl groups is 2. The highest BCUT2D eigenvalue weighted by Gasteiger charge is 2.67. The zero-order valence-corrected chi connectivity index (χ0v) is 20.9. The van der Waals surface area contributed by atoms with Gasteiger partial charge in [-0.2, -0.15) is 0 Å². The van der Waals surface area contributed by atoms with Gasteiger partial charge in [0.05, 0.1) is 11.1 Å². The number of rotatable bonds is 3. The Morgan fingerprint density at radius 1 is 1.00 bits per heavy atom. The van der Waals surface area contributed by atoms with E-state index >= 15 is 0 Å². The lowest BCUT2D eigenvalue weighted by atomic mass is 9.60. The molecule has 0 saturated heterocycles. The molecule has 35 heavy (non-hydrogen) atoms. The number of phenols is 2. The molecule has 0 unspecified atom stereocenters. The van der Waals surface area contributed by atoms with Crippen LogP contribution >= 0.6 is 0 Å². The number of hydrogen-bond donors (Lipinski definition) is 2. The van der Waals surface area contributed by atoms with Gasteiger partial charge in [-0.15, -0.1) is 0 Å². The third-order valence-corrected chi connectivity index (χ3v) is 9.21. The average Bonchev–Trinajstić information content (AvgIpc) is 3.38. The summed E-state index contributed by atoms with van der Waals surface area (Å²) >= 11 is 0. The Balaban J connectivity index is 1.82. The van der Waals surface area contributed by atoms with Crippen molar-refractivity contribution in [2.24, 2.45) is 22.7 Å². The summed E-state index contributed by atoms with van der Waals surface area (Å²) in [5.41, 5.74) is 2.14. The quantitative estimate of drug-likeness (QED) is 0.396. The second-order valence-electron chi connectivity index (χ2n) is 11.5. The van der Waals surface area contributed by atoms with Crippen LogP contribution in [0.1, 0.15) is 91.1 Å². The van der Waals surface area contributed by atoms with Gasteiger partial charge in [0.25, 0.3) is 0 Å². The average molecular weight is 475 g/mol. The normalized spacial score (nSPS) is 32.5. The molecule has 5 rings (SSSR count). The van der Waals surface area contributed by atoms with Gasteiger partial charge < -0.3 is 14.9 Å². The first-order chi connectivity index (χ1) is 16.7. The fraction of sp³-hybridized carbons (Fsp3) is 0.467. The van der Waals surface area contributed by atoms with Gasteiger partial charge in [-0.25, -0.2) is 0 Å². The Labute approximate surface area is 206 Å². The number of allylic oxidation sites excluding steroid dienone is 2. The second kappa shape index (κ2) is 8.25. The predicted molar refractivity (Wildman–Crippen MR) is 134 cm³/mol. The van der Waals surface area contributed by atoms with Crippen molar-refractivity contribution in [2.75, 3.05) is 0 Å². The monoisotopic (exact) mass is 474 g/mol. The van der Waals surface area contributed by atoms with Crippen LogP contribution in [0.4, 0.5) is 0 Å². The highest BCUT2D eigenvalue weighted by atomic mass is 16.5. The lowest BCUT2D eigenvalue weighted by molar-refractivity contribution is -0.00817.